The van der Waals surface area contributed by atoms with Crippen LogP contribution < -0.4 is 5.32 Å². The Morgan fingerprint density at radius 1 is 1.19 bits per heavy atom. The van der Waals surface area contributed by atoms with Crippen molar-refractivity contribution in [2.75, 3.05) is 13.6 Å². The number of nitrogens with one attached hydrogen (secondary N) is 1. The molecule has 0 aromatic rings. The van der Waals surface area contributed by atoms with Crippen molar-refractivity contribution >= 4 is 0 Å². The number of hydrogen-bond donors (Lipinski definition) is 1. The summed E-state index contributed by atoms with van der Waals surface area (Å²) >= 11 is 0. The van der Waals surface area contributed by atoms with E-state index in [4.69, 9.17) is 0 Å². The van der Waals surface area contributed by atoms with Gasteiger partial charge in [0, 0.05) is 24.7 Å². The summed E-state index contributed by atoms with van der Waals surface area (Å²) in [5.41, 5.74) is 0. The molecule has 2 nitrogen and oxygen atoms in total. The average molecular weight is 236 g/mol. The number of piperidine rings is 1. The first kappa shape index (κ1) is 12.2. The number of hydrogen-bond acceptors (Lipinski definition) is 2. The Balaban J connectivity index is 1.79. The van der Waals surface area contributed by atoms with Crippen molar-refractivity contribution in [3.05, 3.63) is 0 Å². The van der Waals surface area contributed by atoms with Crippen LogP contribution in [-0.2, 0) is 0 Å². The van der Waals surface area contributed by atoms with Gasteiger partial charge in [-0.15, -0.1) is 0 Å². The zero-order valence-corrected chi connectivity index (χ0v) is 9.56. The maximum Gasteiger partial charge on any atom is 0.390 e. The molecule has 94 valence electrons. The van der Waals surface area contributed by atoms with Crippen LogP contribution >= 0.6 is 0 Å². The van der Waals surface area contributed by atoms with Crippen LogP contribution in [0.15, 0.2) is 0 Å². The molecule has 0 aliphatic carbocycles. The number of halogens is 3. The molecule has 0 radical (unpaired) electrons. The standard InChI is InChI=1S/C11H19F3N2/c1-16(5-4-11(12,13)14)10-6-8-2-3-9(7-10)15-8/h8-10,15H,2-7H2,1H3. The lowest BCUT2D eigenvalue weighted by Gasteiger charge is -2.35. The molecule has 2 saturated heterocycles. The quantitative estimate of drug-likeness (QED) is 0.807. The Kier molecular flexibility index (Phi) is 3.45. The smallest absolute Gasteiger partial charge is 0.311 e. The number of fused-ring (bicyclic) bond motifs is 2. The van der Waals surface area contributed by atoms with Gasteiger partial charge in [0.15, 0.2) is 0 Å². The zero-order chi connectivity index (χ0) is 11.8. The van der Waals surface area contributed by atoms with Crippen molar-refractivity contribution in [1.82, 2.24) is 10.2 Å². The predicted octanol–water partition coefficient (Wildman–Crippen LogP) is 2.15. The first-order valence-corrected chi connectivity index (χ1v) is 5.97. The molecule has 2 fully saturated rings. The Hall–Kier alpha value is -0.290. The lowest BCUT2D eigenvalue weighted by atomic mass is 9.98. The minimum Gasteiger partial charge on any atom is -0.311 e. The van der Waals surface area contributed by atoms with Crippen LogP contribution in [0.1, 0.15) is 32.1 Å². The second-order valence-electron chi connectivity index (χ2n) is 5.11. The number of rotatable bonds is 3. The maximum atomic E-state index is 12.1. The van der Waals surface area contributed by atoms with E-state index in [1.807, 2.05) is 11.9 Å². The van der Waals surface area contributed by atoms with E-state index in [1.54, 1.807) is 0 Å². The molecule has 2 atom stereocenters. The van der Waals surface area contributed by atoms with E-state index in [9.17, 15) is 13.2 Å². The molecule has 0 aromatic heterocycles. The van der Waals surface area contributed by atoms with E-state index in [0.717, 1.165) is 12.8 Å². The third-order valence-corrected chi connectivity index (χ3v) is 3.82. The highest BCUT2D eigenvalue weighted by Gasteiger charge is 2.36. The Morgan fingerprint density at radius 2 is 1.75 bits per heavy atom. The first-order chi connectivity index (χ1) is 7.44. The third kappa shape index (κ3) is 3.10. The molecular weight excluding hydrogens is 217 g/mol. The summed E-state index contributed by atoms with van der Waals surface area (Å²) in [5.74, 6) is 0. The molecular formula is C11H19F3N2. The molecule has 2 unspecified atom stereocenters. The second kappa shape index (κ2) is 4.53. The van der Waals surface area contributed by atoms with Crippen molar-refractivity contribution < 1.29 is 13.2 Å². The van der Waals surface area contributed by atoms with Gasteiger partial charge in [-0.05, 0) is 32.7 Å². The largest absolute Gasteiger partial charge is 0.390 e. The van der Waals surface area contributed by atoms with Crippen molar-refractivity contribution in [2.24, 2.45) is 0 Å². The zero-order valence-electron chi connectivity index (χ0n) is 9.56. The monoisotopic (exact) mass is 236 g/mol. The molecule has 2 aliphatic heterocycles. The molecule has 2 bridgehead atoms. The van der Waals surface area contributed by atoms with Gasteiger partial charge in [0.2, 0.25) is 0 Å². The highest BCUT2D eigenvalue weighted by molar-refractivity contribution is 4.95. The Bertz CT molecular complexity index is 230. The Morgan fingerprint density at radius 3 is 2.25 bits per heavy atom. The highest BCUT2D eigenvalue weighted by Crippen LogP contribution is 2.30. The number of nitrogens with zero attached hydrogens (tertiary/aromatic N) is 1. The van der Waals surface area contributed by atoms with Gasteiger partial charge < -0.3 is 10.2 Å². The van der Waals surface area contributed by atoms with E-state index in [-0.39, 0.29) is 6.54 Å². The van der Waals surface area contributed by atoms with E-state index in [2.05, 4.69) is 5.32 Å². The predicted molar refractivity (Wildman–Crippen MR) is 56.3 cm³/mol. The molecule has 0 amide bonds. The summed E-state index contributed by atoms with van der Waals surface area (Å²) in [5, 5.41) is 3.50. The molecule has 2 rings (SSSR count). The van der Waals surface area contributed by atoms with Crippen molar-refractivity contribution in [3.63, 3.8) is 0 Å². The van der Waals surface area contributed by atoms with Crippen LogP contribution in [-0.4, -0.2) is 42.8 Å². The van der Waals surface area contributed by atoms with Gasteiger partial charge in [0.25, 0.3) is 0 Å². The van der Waals surface area contributed by atoms with Crippen LogP contribution in [0, 0.1) is 0 Å². The average Bonchev–Trinajstić information content (AvgIpc) is 2.53. The van der Waals surface area contributed by atoms with E-state index < -0.39 is 12.6 Å². The van der Waals surface area contributed by atoms with Gasteiger partial charge in [0.1, 0.15) is 0 Å². The molecule has 2 heterocycles. The lowest BCUT2D eigenvalue weighted by Crippen LogP contribution is -2.47. The second-order valence-corrected chi connectivity index (χ2v) is 5.11. The molecule has 2 aliphatic rings. The van der Waals surface area contributed by atoms with Crippen LogP contribution in [0.5, 0.6) is 0 Å². The summed E-state index contributed by atoms with van der Waals surface area (Å²) < 4.78 is 36.3. The summed E-state index contributed by atoms with van der Waals surface area (Å²) in [6.45, 7) is 0.133. The molecule has 0 aromatic carbocycles. The van der Waals surface area contributed by atoms with Gasteiger partial charge in [-0.25, -0.2) is 0 Å². The summed E-state index contributed by atoms with van der Waals surface area (Å²) in [7, 11) is 1.82. The van der Waals surface area contributed by atoms with Gasteiger partial charge in [-0.3, -0.25) is 0 Å². The maximum absolute atomic E-state index is 12.1. The van der Waals surface area contributed by atoms with Crippen LogP contribution in [0.2, 0.25) is 0 Å². The molecule has 0 saturated carbocycles. The van der Waals surface area contributed by atoms with Crippen LogP contribution in [0.25, 0.3) is 0 Å². The SMILES string of the molecule is CN(CCC(F)(F)F)C1CC2CCC(C1)N2. The van der Waals surface area contributed by atoms with Crippen LogP contribution in [0.4, 0.5) is 13.2 Å². The van der Waals surface area contributed by atoms with Gasteiger partial charge in [-0.2, -0.15) is 13.2 Å². The molecule has 0 spiro atoms. The third-order valence-electron chi connectivity index (χ3n) is 3.82. The van der Waals surface area contributed by atoms with Gasteiger partial charge in [0.05, 0.1) is 6.42 Å². The molecule has 1 N–H and O–H groups in total. The van der Waals surface area contributed by atoms with Crippen LogP contribution in [0.3, 0.4) is 0 Å². The van der Waals surface area contributed by atoms with Crippen molar-refractivity contribution in [3.8, 4) is 0 Å². The molecule has 5 heteroatoms. The van der Waals surface area contributed by atoms with E-state index >= 15 is 0 Å². The summed E-state index contributed by atoms with van der Waals surface area (Å²) in [6.07, 6.45) is -0.332. The normalized spacial score (nSPS) is 34.7. The van der Waals surface area contributed by atoms with Crippen molar-refractivity contribution in [2.45, 2.75) is 56.4 Å². The van der Waals surface area contributed by atoms with Gasteiger partial charge in [-0.1, -0.05) is 0 Å². The van der Waals surface area contributed by atoms with Crippen molar-refractivity contribution in [1.29, 1.82) is 0 Å². The number of alkyl halides is 3. The fraction of sp³-hybridized carbons (Fsp3) is 1.00. The lowest BCUT2D eigenvalue weighted by molar-refractivity contribution is -0.138. The van der Waals surface area contributed by atoms with Gasteiger partial charge >= 0.3 is 6.18 Å². The van der Waals surface area contributed by atoms with E-state index in [1.165, 1.54) is 12.8 Å². The summed E-state index contributed by atoms with van der Waals surface area (Å²) in [6, 6.07) is 1.41. The first-order valence-electron chi connectivity index (χ1n) is 5.97. The molecule has 16 heavy (non-hydrogen) atoms. The summed E-state index contributed by atoms with van der Waals surface area (Å²) in [4.78, 5) is 1.89. The highest BCUT2D eigenvalue weighted by atomic mass is 19.4. The topological polar surface area (TPSA) is 15.3 Å². The Labute approximate surface area is 94.2 Å². The minimum absolute atomic E-state index is 0.133. The minimum atomic E-state index is -4.03. The fourth-order valence-electron chi connectivity index (χ4n) is 2.87. The van der Waals surface area contributed by atoms with E-state index in [0.29, 0.717) is 18.1 Å². The fourth-order valence-corrected chi connectivity index (χ4v) is 2.87.